The van der Waals surface area contributed by atoms with E-state index in [0.29, 0.717) is 22.9 Å². The zero-order valence-corrected chi connectivity index (χ0v) is 17.4. The summed E-state index contributed by atoms with van der Waals surface area (Å²) < 4.78 is 6.15. The van der Waals surface area contributed by atoms with E-state index in [4.69, 9.17) is 16.3 Å². The van der Waals surface area contributed by atoms with Crippen molar-refractivity contribution in [1.82, 2.24) is 4.98 Å². The first kappa shape index (κ1) is 20.2. The summed E-state index contributed by atoms with van der Waals surface area (Å²) in [6.07, 6.45) is 2.69. The Balaban J connectivity index is 1.74. The van der Waals surface area contributed by atoms with Crippen LogP contribution in [0.15, 0.2) is 60.7 Å². The molecule has 5 heteroatoms. The van der Waals surface area contributed by atoms with Gasteiger partial charge in [-0.2, -0.15) is 0 Å². The van der Waals surface area contributed by atoms with Crippen LogP contribution in [-0.4, -0.2) is 16.1 Å². The van der Waals surface area contributed by atoms with Crippen molar-refractivity contribution in [2.24, 2.45) is 0 Å². The Kier molecular flexibility index (Phi) is 5.86. The molecule has 2 aromatic carbocycles. The fourth-order valence-electron chi connectivity index (χ4n) is 3.84. The molecule has 1 heterocycles. The molecule has 0 saturated carbocycles. The van der Waals surface area contributed by atoms with Crippen molar-refractivity contribution in [3.05, 3.63) is 93.8 Å². The van der Waals surface area contributed by atoms with Gasteiger partial charge in [0.1, 0.15) is 12.4 Å². The van der Waals surface area contributed by atoms with E-state index in [1.807, 2.05) is 60.7 Å². The fraction of sp³-hybridized carbons (Fsp3) is 0.200. The Morgan fingerprint density at radius 1 is 1.07 bits per heavy atom. The largest absolute Gasteiger partial charge is 0.488 e. The van der Waals surface area contributed by atoms with Crippen molar-refractivity contribution in [1.29, 1.82) is 0 Å². The van der Waals surface area contributed by atoms with Gasteiger partial charge in [-0.25, -0.2) is 9.78 Å². The summed E-state index contributed by atoms with van der Waals surface area (Å²) in [5.74, 6) is -0.243. The molecule has 152 valence electrons. The first-order valence-electron chi connectivity index (χ1n) is 9.93. The van der Waals surface area contributed by atoms with Crippen LogP contribution in [0.5, 0.6) is 5.75 Å². The normalized spacial score (nSPS) is 13.5. The van der Waals surface area contributed by atoms with E-state index in [1.54, 1.807) is 6.92 Å². The molecule has 3 aromatic rings. The van der Waals surface area contributed by atoms with Gasteiger partial charge < -0.3 is 9.84 Å². The van der Waals surface area contributed by atoms with Gasteiger partial charge >= 0.3 is 5.97 Å². The van der Waals surface area contributed by atoms with Gasteiger partial charge in [0.2, 0.25) is 0 Å². The van der Waals surface area contributed by atoms with E-state index in [1.165, 1.54) is 0 Å². The Morgan fingerprint density at radius 3 is 2.60 bits per heavy atom. The zero-order valence-electron chi connectivity index (χ0n) is 16.7. The Hall–Kier alpha value is -3.11. The highest BCUT2D eigenvalue weighted by molar-refractivity contribution is 6.30. The lowest BCUT2D eigenvalue weighted by Gasteiger charge is -2.15. The van der Waals surface area contributed by atoms with Crippen LogP contribution >= 0.6 is 11.6 Å². The van der Waals surface area contributed by atoms with E-state index in [0.717, 1.165) is 47.3 Å². The number of aromatic carboxylic acids is 1. The van der Waals surface area contributed by atoms with Gasteiger partial charge in [-0.3, -0.25) is 0 Å². The number of pyridine rings is 1. The van der Waals surface area contributed by atoms with Gasteiger partial charge in [-0.15, -0.1) is 0 Å². The molecule has 1 aliphatic rings. The molecule has 0 atom stereocenters. The molecule has 0 unspecified atom stereocenters. The van der Waals surface area contributed by atoms with Crippen molar-refractivity contribution in [3.8, 4) is 5.75 Å². The predicted octanol–water partition coefficient (Wildman–Crippen LogP) is 6.42. The lowest BCUT2D eigenvalue weighted by Crippen LogP contribution is -2.05. The lowest BCUT2D eigenvalue weighted by molar-refractivity contribution is 0.0689. The summed E-state index contributed by atoms with van der Waals surface area (Å²) in [7, 11) is 0. The quantitative estimate of drug-likeness (QED) is 0.501. The van der Waals surface area contributed by atoms with Crippen LogP contribution in [-0.2, 0) is 6.61 Å². The minimum absolute atomic E-state index is 0.0953. The van der Waals surface area contributed by atoms with Gasteiger partial charge in [0.15, 0.2) is 5.69 Å². The molecule has 1 aliphatic carbocycles. The molecule has 1 aromatic heterocycles. The highest BCUT2D eigenvalue weighted by Crippen LogP contribution is 2.43. The third-order valence-electron chi connectivity index (χ3n) is 5.33. The number of ether oxygens (including phenoxy) is 1. The fourth-order valence-corrected chi connectivity index (χ4v) is 4.01. The van der Waals surface area contributed by atoms with Crippen molar-refractivity contribution in [2.45, 2.75) is 32.8 Å². The average molecular weight is 420 g/mol. The van der Waals surface area contributed by atoms with Crippen molar-refractivity contribution in [3.63, 3.8) is 0 Å². The monoisotopic (exact) mass is 419 g/mol. The number of halogens is 1. The van der Waals surface area contributed by atoms with Gasteiger partial charge in [0.05, 0.1) is 5.69 Å². The number of aryl methyl sites for hydroxylation is 1. The van der Waals surface area contributed by atoms with Crippen LogP contribution in [0.2, 0.25) is 5.02 Å². The number of carboxylic acid groups (broad SMARTS) is 1. The molecule has 0 aliphatic heterocycles. The van der Waals surface area contributed by atoms with Gasteiger partial charge in [-0.05, 0) is 72.7 Å². The number of aromatic nitrogens is 1. The maximum atomic E-state index is 11.5. The summed E-state index contributed by atoms with van der Waals surface area (Å²) in [6.45, 7) is 2.22. The molecular weight excluding hydrogens is 398 g/mol. The maximum absolute atomic E-state index is 11.5. The number of benzene rings is 2. The molecule has 30 heavy (non-hydrogen) atoms. The molecule has 0 radical (unpaired) electrons. The van der Waals surface area contributed by atoms with E-state index in [2.05, 4.69) is 4.98 Å². The number of hydrogen-bond acceptors (Lipinski definition) is 3. The highest BCUT2D eigenvalue weighted by Gasteiger charge is 2.23. The molecule has 0 amide bonds. The second-order valence-corrected chi connectivity index (χ2v) is 7.83. The van der Waals surface area contributed by atoms with Crippen LogP contribution in [0.1, 0.15) is 52.1 Å². The number of rotatable bonds is 6. The number of allylic oxidation sites excluding steroid dienone is 2. The Morgan fingerprint density at radius 2 is 1.83 bits per heavy atom. The number of carboxylic acids is 1. The standard InChI is InChI=1S/C25H22ClNO3/c1-16-10-12-22(27-24(16)25(28)29)20-9-5-8-19(20)21-14-18(26)11-13-23(21)30-15-17-6-3-2-4-7-17/h2-4,6-7,10-14H,5,8-9,15H2,1H3,(H,28,29). The molecule has 4 rings (SSSR count). The van der Waals surface area contributed by atoms with E-state index >= 15 is 0 Å². The Labute approximate surface area is 180 Å². The Bertz CT molecular complexity index is 1120. The second kappa shape index (κ2) is 8.72. The third-order valence-corrected chi connectivity index (χ3v) is 5.57. The molecule has 4 nitrogen and oxygen atoms in total. The van der Waals surface area contributed by atoms with Crippen LogP contribution in [0.3, 0.4) is 0 Å². The van der Waals surface area contributed by atoms with Crippen molar-refractivity contribution >= 4 is 28.7 Å². The van der Waals surface area contributed by atoms with Crippen LogP contribution < -0.4 is 4.74 Å². The molecule has 0 saturated heterocycles. The lowest BCUT2D eigenvalue weighted by atomic mass is 9.98. The maximum Gasteiger partial charge on any atom is 0.354 e. The van der Waals surface area contributed by atoms with Crippen molar-refractivity contribution < 1.29 is 14.6 Å². The smallest absolute Gasteiger partial charge is 0.354 e. The number of nitrogens with zero attached hydrogens (tertiary/aromatic N) is 1. The van der Waals surface area contributed by atoms with E-state index in [9.17, 15) is 9.90 Å². The van der Waals surface area contributed by atoms with Crippen LogP contribution in [0, 0.1) is 6.92 Å². The molecule has 0 fully saturated rings. The van der Waals surface area contributed by atoms with Gasteiger partial charge in [-0.1, -0.05) is 48.0 Å². The van der Waals surface area contributed by atoms with E-state index in [-0.39, 0.29) is 5.69 Å². The predicted molar refractivity (Wildman–Crippen MR) is 119 cm³/mol. The summed E-state index contributed by atoms with van der Waals surface area (Å²) in [6, 6.07) is 19.4. The summed E-state index contributed by atoms with van der Waals surface area (Å²) in [5.41, 5.74) is 5.67. The molecule has 0 bridgehead atoms. The second-order valence-electron chi connectivity index (χ2n) is 7.39. The first-order chi connectivity index (χ1) is 14.5. The SMILES string of the molecule is Cc1ccc(C2=C(c3cc(Cl)ccc3OCc3ccccc3)CCC2)nc1C(=O)O. The zero-order chi connectivity index (χ0) is 21.1. The molecule has 1 N–H and O–H groups in total. The van der Waals surface area contributed by atoms with Crippen LogP contribution in [0.4, 0.5) is 0 Å². The topological polar surface area (TPSA) is 59.4 Å². The van der Waals surface area contributed by atoms with Crippen LogP contribution in [0.25, 0.3) is 11.1 Å². The summed E-state index contributed by atoms with van der Waals surface area (Å²) in [4.78, 5) is 16.0. The number of hydrogen-bond donors (Lipinski definition) is 1. The summed E-state index contributed by atoms with van der Waals surface area (Å²) >= 11 is 6.32. The first-order valence-corrected chi connectivity index (χ1v) is 10.3. The minimum atomic E-state index is -1.01. The molecular formula is C25H22ClNO3. The minimum Gasteiger partial charge on any atom is -0.488 e. The highest BCUT2D eigenvalue weighted by atomic mass is 35.5. The average Bonchev–Trinajstić information content (AvgIpc) is 3.23. The number of carbonyl (C=O) groups is 1. The summed E-state index contributed by atoms with van der Waals surface area (Å²) in [5, 5.41) is 10.1. The van der Waals surface area contributed by atoms with Gasteiger partial charge in [0, 0.05) is 10.6 Å². The molecule has 0 spiro atoms. The van der Waals surface area contributed by atoms with Gasteiger partial charge in [0.25, 0.3) is 0 Å². The van der Waals surface area contributed by atoms with E-state index < -0.39 is 5.97 Å². The third kappa shape index (κ3) is 4.24. The van der Waals surface area contributed by atoms with Crippen molar-refractivity contribution in [2.75, 3.05) is 0 Å².